The zero-order valence-corrected chi connectivity index (χ0v) is 11.4. The highest BCUT2D eigenvalue weighted by molar-refractivity contribution is 5.76. The molecule has 2 rings (SSSR count). The van der Waals surface area contributed by atoms with E-state index in [9.17, 15) is 4.39 Å². The lowest BCUT2D eigenvalue weighted by Gasteiger charge is -2.29. The number of rotatable bonds is 4. The number of nitrogens with zero attached hydrogens (tertiary/aromatic N) is 3. The minimum absolute atomic E-state index is 0.0757. The summed E-state index contributed by atoms with van der Waals surface area (Å²) < 4.78 is 13.3. The topological polar surface area (TPSA) is 19.0 Å². The largest absolute Gasteiger partial charge is 0.346 e. The SMILES string of the molecule is CON1c2cc(F)ccc2N(CCN(C)C)C1C. The van der Waals surface area contributed by atoms with Crippen LogP contribution >= 0.6 is 0 Å². The number of hydrogen-bond donors (Lipinski definition) is 0. The van der Waals surface area contributed by atoms with Gasteiger partial charge in [0.15, 0.2) is 0 Å². The van der Waals surface area contributed by atoms with Crippen LogP contribution in [0, 0.1) is 5.82 Å². The summed E-state index contributed by atoms with van der Waals surface area (Å²) in [6, 6.07) is 4.83. The zero-order valence-electron chi connectivity index (χ0n) is 11.4. The molecule has 100 valence electrons. The summed E-state index contributed by atoms with van der Waals surface area (Å²) in [5.41, 5.74) is 1.82. The van der Waals surface area contributed by atoms with Gasteiger partial charge in [-0.05, 0) is 33.2 Å². The van der Waals surface area contributed by atoms with E-state index in [1.54, 1.807) is 12.2 Å². The number of hydroxylamine groups is 1. The molecule has 0 N–H and O–H groups in total. The van der Waals surface area contributed by atoms with Crippen LogP contribution in [-0.2, 0) is 4.84 Å². The normalized spacial score (nSPS) is 18.7. The minimum atomic E-state index is -0.238. The van der Waals surface area contributed by atoms with E-state index < -0.39 is 0 Å². The predicted molar refractivity (Wildman–Crippen MR) is 71.3 cm³/mol. The number of fused-ring (bicyclic) bond motifs is 1. The van der Waals surface area contributed by atoms with E-state index in [-0.39, 0.29) is 12.0 Å². The van der Waals surface area contributed by atoms with Crippen LogP contribution in [0.5, 0.6) is 0 Å². The van der Waals surface area contributed by atoms with Crippen LogP contribution in [0.1, 0.15) is 6.92 Å². The van der Waals surface area contributed by atoms with Gasteiger partial charge in [0.25, 0.3) is 0 Å². The number of hydrogen-bond acceptors (Lipinski definition) is 4. The second kappa shape index (κ2) is 5.12. The van der Waals surface area contributed by atoms with Crippen LogP contribution in [0.15, 0.2) is 18.2 Å². The zero-order chi connectivity index (χ0) is 13.3. The van der Waals surface area contributed by atoms with Crippen molar-refractivity contribution in [3.05, 3.63) is 24.0 Å². The maximum Gasteiger partial charge on any atom is 0.125 e. The maximum absolute atomic E-state index is 13.3. The Morgan fingerprint density at radius 2 is 2.06 bits per heavy atom. The van der Waals surface area contributed by atoms with Crippen LogP contribution in [0.25, 0.3) is 0 Å². The summed E-state index contributed by atoms with van der Waals surface area (Å²) in [7, 11) is 5.70. The molecule has 0 radical (unpaired) electrons. The lowest BCUT2D eigenvalue weighted by Crippen LogP contribution is -2.43. The third kappa shape index (κ3) is 2.28. The molecule has 4 nitrogen and oxygen atoms in total. The lowest BCUT2D eigenvalue weighted by molar-refractivity contribution is 0.149. The molecule has 0 aromatic heterocycles. The third-order valence-corrected chi connectivity index (χ3v) is 3.26. The van der Waals surface area contributed by atoms with Gasteiger partial charge in [-0.1, -0.05) is 0 Å². The van der Waals surface area contributed by atoms with E-state index in [0.717, 1.165) is 24.5 Å². The smallest absolute Gasteiger partial charge is 0.125 e. The fourth-order valence-corrected chi connectivity index (χ4v) is 2.31. The van der Waals surface area contributed by atoms with Gasteiger partial charge in [-0.2, -0.15) is 0 Å². The van der Waals surface area contributed by atoms with Crippen molar-refractivity contribution in [2.75, 3.05) is 44.3 Å². The summed E-state index contributed by atoms with van der Waals surface area (Å²) in [4.78, 5) is 9.70. The molecule has 0 saturated carbocycles. The van der Waals surface area contributed by atoms with Gasteiger partial charge in [0.1, 0.15) is 12.0 Å². The van der Waals surface area contributed by atoms with E-state index in [4.69, 9.17) is 4.84 Å². The quantitative estimate of drug-likeness (QED) is 0.816. The molecule has 0 amide bonds. The van der Waals surface area contributed by atoms with Crippen LogP contribution in [0.3, 0.4) is 0 Å². The minimum Gasteiger partial charge on any atom is -0.346 e. The monoisotopic (exact) mass is 253 g/mol. The van der Waals surface area contributed by atoms with Gasteiger partial charge in [-0.25, -0.2) is 9.45 Å². The van der Waals surface area contributed by atoms with E-state index in [2.05, 4.69) is 16.7 Å². The van der Waals surface area contributed by atoms with Crippen molar-refractivity contribution in [2.24, 2.45) is 0 Å². The van der Waals surface area contributed by atoms with Crippen molar-refractivity contribution >= 4 is 11.4 Å². The van der Waals surface area contributed by atoms with Crippen LogP contribution in [-0.4, -0.2) is 45.4 Å². The third-order valence-electron chi connectivity index (χ3n) is 3.26. The van der Waals surface area contributed by atoms with Gasteiger partial charge >= 0.3 is 0 Å². The van der Waals surface area contributed by atoms with Gasteiger partial charge in [0.2, 0.25) is 0 Å². The summed E-state index contributed by atoms with van der Waals surface area (Å²) in [5, 5.41) is 1.74. The van der Waals surface area contributed by atoms with Crippen molar-refractivity contribution in [2.45, 2.75) is 13.1 Å². The summed E-state index contributed by atoms with van der Waals surface area (Å²) in [6.45, 7) is 3.88. The molecule has 1 unspecified atom stereocenters. The van der Waals surface area contributed by atoms with Crippen molar-refractivity contribution < 1.29 is 9.23 Å². The van der Waals surface area contributed by atoms with Crippen molar-refractivity contribution in [1.29, 1.82) is 0 Å². The molecular formula is C13H20FN3O. The molecule has 1 atom stereocenters. The molecule has 1 heterocycles. The second-order valence-corrected chi connectivity index (χ2v) is 4.77. The molecule has 1 aromatic carbocycles. The molecule has 0 aliphatic carbocycles. The van der Waals surface area contributed by atoms with Crippen LogP contribution in [0.2, 0.25) is 0 Å². The van der Waals surface area contributed by atoms with Crippen molar-refractivity contribution in [3.8, 4) is 0 Å². The molecule has 1 aromatic rings. The number of anilines is 2. The number of halogens is 1. The van der Waals surface area contributed by atoms with E-state index in [0.29, 0.717) is 0 Å². The Morgan fingerprint density at radius 3 is 2.67 bits per heavy atom. The van der Waals surface area contributed by atoms with E-state index in [1.165, 1.54) is 12.1 Å². The Balaban J connectivity index is 2.28. The van der Waals surface area contributed by atoms with Crippen molar-refractivity contribution in [3.63, 3.8) is 0 Å². The first-order valence-corrected chi connectivity index (χ1v) is 6.09. The molecular weight excluding hydrogens is 233 g/mol. The second-order valence-electron chi connectivity index (χ2n) is 4.77. The molecule has 0 bridgehead atoms. The van der Waals surface area contributed by atoms with E-state index in [1.807, 2.05) is 20.2 Å². The Labute approximate surface area is 107 Å². The molecule has 1 aliphatic rings. The summed E-state index contributed by atoms with van der Waals surface area (Å²) >= 11 is 0. The van der Waals surface area contributed by atoms with E-state index >= 15 is 0 Å². The molecule has 0 spiro atoms. The molecule has 1 aliphatic heterocycles. The highest BCUT2D eigenvalue weighted by Crippen LogP contribution is 2.39. The van der Waals surface area contributed by atoms with Gasteiger partial charge in [0.05, 0.1) is 18.5 Å². The Hall–Kier alpha value is -1.33. The fraction of sp³-hybridized carbons (Fsp3) is 0.538. The van der Waals surface area contributed by atoms with Gasteiger partial charge in [-0.3, -0.25) is 4.84 Å². The van der Waals surface area contributed by atoms with Gasteiger partial charge in [-0.15, -0.1) is 0 Å². The first-order valence-electron chi connectivity index (χ1n) is 6.09. The average Bonchev–Trinajstić information content (AvgIpc) is 2.57. The lowest BCUT2D eigenvalue weighted by atomic mass is 10.2. The Bertz CT molecular complexity index is 425. The summed E-state index contributed by atoms with van der Waals surface area (Å²) in [6.07, 6.45) is 0.0757. The van der Waals surface area contributed by atoms with Crippen LogP contribution < -0.4 is 9.96 Å². The number of benzene rings is 1. The summed E-state index contributed by atoms with van der Waals surface area (Å²) in [5.74, 6) is -0.238. The fourth-order valence-electron chi connectivity index (χ4n) is 2.31. The van der Waals surface area contributed by atoms with Gasteiger partial charge < -0.3 is 9.80 Å². The number of likely N-dealkylation sites (N-methyl/N-ethyl adjacent to an activating group) is 1. The molecule has 0 saturated heterocycles. The molecule has 18 heavy (non-hydrogen) atoms. The predicted octanol–water partition coefficient (Wildman–Crippen LogP) is 1.92. The Kier molecular flexibility index (Phi) is 3.73. The molecule has 5 heteroatoms. The molecule has 0 fully saturated rings. The van der Waals surface area contributed by atoms with Gasteiger partial charge in [0, 0.05) is 19.2 Å². The highest BCUT2D eigenvalue weighted by atomic mass is 19.1. The first-order chi connectivity index (χ1) is 8.54. The maximum atomic E-state index is 13.3. The average molecular weight is 253 g/mol. The standard InChI is InChI=1S/C13H20FN3O/c1-10-16(8-7-15(2)3)12-6-5-11(14)9-13(12)17(10)18-4/h5-6,9-10H,7-8H2,1-4H3. The van der Waals surface area contributed by atoms with Crippen molar-refractivity contribution in [1.82, 2.24) is 4.90 Å². The Morgan fingerprint density at radius 1 is 1.33 bits per heavy atom. The van der Waals surface area contributed by atoms with Crippen LogP contribution in [0.4, 0.5) is 15.8 Å². The highest BCUT2D eigenvalue weighted by Gasteiger charge is 2.33. The first kappa shape index (κ1) is 13.1.